The minimum atomic E-state index is 0.0451. The van der Waals surface area contributed by atoms with Gasteiger partial charge in [-0.15, -0.1) is 0 Å². The number of nitrogens with two attached hydrogens (primary N) is 1. The number of ether oxygens (including phenoxy) is 1. The van der Waals surface area contributed by atoms with E-state index in [9.17, 15) is 4.79 Å². The maximum Gasteiger partial charge on any atom is 0.221 e. The predicted octanol–water partition coefficient (Wildman–Crippen LogP) is 2.48. The van der Waals surface area contributed by atoms with Crippen LogP contribution < -0.4 is 15.8 Å². The molecule has 1 amide bonds. The molecular formula is C22H30N4O2. The summed E-state index contributed by atoms with van der Waals surface area (Å²) >= 11 is 0. The monoisotopic (exact) mass is 382 g/mol. The van der Waals surface area contributed by atoms with Crippen LogP contribution in [-0.2, 0) is 17.9 Å². The van der Waals surface area contributed by atoms with Crippen LogP contribution in [0.15, 0.2) is 48.8 Å². The van der Waals surface area contributed by atoms with Crippen LogP contribution in [0.3, 0.4) is 0 Å². The van der Waals surface area contributed by atoms with Crippen LogP contribution in [0.2, 0.25) is 0 Å². The van der Waals surface area contributed by atoms with Gasteiger partial charge in [-0.3, -0.25) is 14.7 Å². The van der Waals surface area contributed by atoms with Crippen molar-refractivity contribution in [3.8, 4) is 5.75 Å². The Morgan fingerprint density at radius 3 is 2.68 bits per heavy atom. The minimum Gasteiger partial charge on any atom is -0.489 e. The standard InChI is InChI=1S/C22H30N4O2/c23-11-8-22(27)25-15-20-3-1-2-14-26(20)16-18-4-6-21(7-5-18)28-17-19-9-12-24-13-10-19/h4-7,9-10,12-13,20H,1-3,8,11,14-17,23H2,(H,25,27). The second-order valence-electron chi connectivity index (χ2n) is 7.25. The number of amides is 1. The van der Waals surface area contributed by atoms with Crippen LogP contribution in [0.25, 0.3) is 0 Å². The minimum absolute atomic E-state index is 0.0451. The highest BCUT2D eigenvalue weighted by Gasteiger charge is 2.22. The van der Waals surface area contributed by atoms with E-state index >= 15 is 0 Å². The van der Waals surface area contributed by atoms with E-state index in [1.54, 1.807) is 12.4 Å². The van der Waals surface area contributed by atoms with Crippen molar-refractivity contribution < 1.29 is 9.53 Å². The molecule has 1 aromatic heterocycles. The van der Waals surface area contributed by atoms with Gasteiger partial charge in [0.1, 0.15) is 12.4 Å². The third kappa shape index (κ3) is 6.32. The van der Waals surface area contributed by atoms with Crippen molar-refractivity contribution in [1.82, 2.24) is 15.2 Å². The predicted molar refractivity (Wildman–Crippen MR) is 110 cm³/mol. The van der Waals surface area contributed by atoms with Gasteiger partial charge in [0.2, 0.25) is 5.91 Å². The molecule has 6 heteroatoms. The Hall–Kier alpha value is -2.44. The summed E-state index contributed by atoms with van der Waals surface area (Å²) in [5.74, 6) is 0.911. The number of nitrogens with one attached hydrogen (secondary N) is 1. The van der Waals surface area contributed by atoms with Gasteiger partial charge in [-0.2, -0.15) is 0 Å². The van der Waals surface area contributed by atoms with E-state index in [2.05, 4.69) is 27.3 Å². The maximum atomic E-state index is 11.7. The molecule has 1 saturated heterocycles. The number of hydrogen-bond acceptors (Lipinski definition) is 5. The average molecular weight is 383 g/mol. The number of carbonyl (C=O) groups excluding carboxylic acids is 1. The molecule has 0 bridgehead atoms. The summed E-state index contributed by atoms with van der Waals surface area (Å²) < 4.78 is 5.85. The van der Waals surface area contributed by atoms with E-state index in [0.717, 1.165) is 30.8 Å². The van der Waals surface area contributed by atoms with E-state index in [-0.39, 0.29) is 5.91 Å². The van der Waals surface area contributed by atoms with Crippen molar-refractivity contribution in [3.05, 3.63) is 59.9 Å². The topological polar surface area (TPSA) is 80.5 Å². The number of carbonyl (C=O) groups is 1. The third-order valence-corrected chi connectivity index (χ3v) is 5.12. The van der Waals surface area contributed by atoms with Crippen LogP contribution in [0, 0.1) is 0 Å². The molecule has 2 heterocycles. The Bertz CT molecular complexity index is 721. The molecular weight excluding hydrogens is 352 g/mol. The second kappa shape index (κ2) is 10.8. The van der Waals surface area contributed by atoms with E-state index in [1.807, 2.05) is 24.3 Å². The van der Waals surface area contributed by atoms with E-state index in [1.165, 1.54) is 18.4 Å². The number of nitrogens with zero attached hydrogens (tertiary/aromatic N) is 2. The first-order valence-electron chi connectivity index (χ1n) is 10.1. The Morgan fingerprint density at radius 2 is 1.93 bits per heavy atom. The summed E-state index contributed by atoms with van der Waals surface area (Å²) in [7, 11) is 0. The van der Waals surface area contributed by atoms with Gasteiger partial charge in [0.25, 0.3) is 0 Å². The van der Waals surface area contributed by atoms with Gasteiger partial charge in [0.05, 0.1) is 0 Å². The molecule has 1 fully saturated rings. The molecule has 1 aromatic carbocycles. The number of rotatable bonds is 9. The van der Waals surface area contributed by atoms with E-state index < -0.39 is 0 Å². The van der Waals surface area contributed by atoms with E-state index in [4.69, 9.17) is 10.5 Å². The molecule has 0 radical (unpaired) electrons. The van der Waals surface area contributed by atoms with Gasteiger partial charge in [-0.05, 0) is 54.8 Å². The summed E-state index contributed by atoms with van der Waals surface area (Å²) in [6.07, 6.45) is 7.49. The molecule has 150 valence electrons. The van der Waals surface area contributed by atoms with Crippen LogP contribution >= 0.6 is 0 Å². The van der Waals surface area contributed by atoms with Crippen molar-refractivity contribution in [3.63, 3.8) is 0 Å². The quantitative estimate of drug-likeness (QED) is 0.696. The van der Waals surface area contributed by atoms with Gasteiger partial charge >= 0.3 is 0 Å². The lowest BCUT2D eigenvalue weighted by Crippen LogP contribution is -2.46. The Labute approximate surface area is 167 Å². The normalized spacial score (nSPS) is 17.2. The lowest BCUT2D eigenvalue weighted by atomic mass is 10.0. The fourth-order valence-electron chi connectivity index (χ4n) is 3.52. The molecule has 1 aliphatic heterocycles. The molecule has 1 unspecified atom stereocenters. The largest absolute Gasteiger partial charge is 0.489 e. The second-order valence-corrected chi connectivity index (χ2v) is 7.25. The fraction of sp³-hybridized carbons (Fsp3) is 0.455. The summed E-state index contributed by atoms with van der Waals surface area (Å²) in [5.41, 5.74) is 7.81. The highest BCUT2D eigenvalue weighted by Crippen LogP contribution is 2.21. The van der Waals surface area contributed by atoms with Crippen molar-refractivity contribution in [2.24, 2.45) is 5.73 Å². The number of hydrogen-bond donors (Lipinski definition) is 2. The molecule has 6 nitrogen and oxygen atoms in total. The first kappa shape index (κ1) is 20.3. The zero-order valence-corrected chi connectivity index (χ0v) is 16.3. The molecule has 3 N–H and O–H groups in total. The number of pyridine rings is 1. The smallest absolute Gasteiger partial charge is 0.221 e. The lowest BCUT2D eigenvalue weighted by molar-refractivity contribution is -0.121. The van der Waals surface area contributed by atoms with Crippen LogP contribution in [-0.4, -0.2) is 41.5 Å². The zero-order chi connectivity index (χ0) is 19.6. The van der Waals surface area contributed by atoms with Gasteiger partial charge in [0, 0.05) is 44.5 Å². The molecule has 1 aliphatic rings. The zero-order valence-electron chi connectivity index (χ0n) is 16.3. The highest BCUT2D eigenvalue weighted by atomic mass is 16.5. The Kier molecular flexibility index (Phi) is 7.82. The number of likely N-dealkylation sites (tertiary alicyclic amines) is 1. The summed E-state index contributed by atoms with van der Waals surface area (Å²) in [4.78, 5) is 18.2. The molecule has 0 saturated carbocycles. The molecule has 28 heavy (non-hydrogen) atoms. The van der Waals surface area contributed by atoms with Crippen molar-refractivity contribution in [1.29, 1.82) is 0 Å². The third-order valence-electron chi connectivity index (χ3n) is 5.12. The molecule has 2 aromatic rings. The van der Waals surface area contributed by atoms with Gasteiger partial charge in [-0.1, -0.05) is 18.6 Å². The van der Waals surface area contributed by atoms with E-state index in [0.29, 0.717) is 32.2 Å². The molecule has 3 rings (SSSR count). The average Bonchev–Trinajstić information content (AvgIpc) is 2.74. The summed E-state index contributed by atoms with van der Waals surface area (Å²) in [6.45, 7) is 3.60. The van der Waals surface area contributed by atoms with Crippen molar-refractivity contribution in [2.45, 2.75) is 44.9 Å². The Balaban J connectivity index is 1.50. The number of benzene rings is 1. The first-order chi connectivity index (χ1) is 13.7. The van der Waals surface area contributed by atoms with Gasteiger partial charge in [0.15, 0.2) is 0 Å². The van der Waals surface area contributed by atoms with Gasteiger partial charge in [-0.25, -0.2) is 0 Å². The fourth-order valence-corrected chi connectivity index (χ4v) is 3.52. The highest BCUT2D eigenvalue weighted by molar-refractivity contribution is 5.76. The first-order valence-corrected chi connectivity index (χ1v) is 10.1. The van der Waals surface area contributed by atoms with Gasteiger partial charge < -0.3 is 15.8 Å². The van der Waals surface area contributed by atoms with Crippen molar-refractivity contribution >= 4 is 5.91 Å². The Morgan fingerprint density at radius 1 is 1.14 bits per heavy atom. The molecule has 1 atom stereocenters. The lowest BCUT2D eigenvalue weighted by Gasteiger charge is -2.36. The molecule has 0 spiro atoms. The maximum absolute atomic E-state index is 11.7. The summed E-state index contributed by atoms with van der Waals surface area (Å²) in [5, 5.41) is 3.03. The number of piperidine rings is 1. The van der Waals surface area contributed by atoms with Crippen LogP contribution in [0.1, 0.15) is 36.8 Å². The summed E-state index contributed by atoms with van der Waals surface area (Å²) in [6, 6.07) is 12.6. The van der Waals surface area contributed by atoms with Crippen molar-refractivity contribution in [2.75, 3.05) is 19.6 Å². The number of aromatic nitrogens is 1. The van der Waals surface area contributed by atoms with Crippen LogP contribution in [0.4, 0.5) is 0 Å². The molecule has 0 aliphatic carbocycles. The SMILES string of the molecule is NCCC(=O)NCC1CCCCN1Cc1ccc(OCc2ccncc2)cc1. The van der Waals surface area contributed by atoms with Crippen LogP contribution in [0.5, 0.6) is 5.75 Å².